The number of rotatable bonds is 7. The maximum atomic E-state index is 10.9. The Bertz CT molecular complexity index is 441. The normalized spacial score (nSPS) is 14.6. The molecule has 1 aromatic rings. The van der Waals surface area contributed by atoms with Gasteiger partial charge in [-0.2, -0.15) is 0 Å². The Hall–Kier alpha value is -0.950. The number of carboxylic acids is 1. The number of nitrogens with zero attached hydrogens (tertiary/aromatic N) is 1. The van der Waals surface area contributed by atoms with Gasteiger partial charge in [-0.1, -0.05) is 0 Å². The maximum absolute atomic E-state index is 10.9. The third kappa shape index (κ3) is 5.28. The van der Waals surface area contributed by atoms with E-state index in [0.717, 1.165) is 10.4 Å². The van der Waals surface area contributed by atoms with Gasteiger partial charge in [0, 0.05) is 24.5 Å². The molecule has 0 saturated carbocycles. The summed E-state index contributed by atoms with van der Waals surface area (Å²) in [6.07, 6.45) is 0. The summed E-state index contributed by atoms with van der Waals surface area (Å²) >= 11 is 1.28. The predicted octanol–water partition coefficient (Wildman–Crippen LogP) is 1.16. The van der Waals surface area contributed by atoms with Gasteiger partial charge >= 0.3 is 5.97 Å². The number of thiophene rings is 1. The summed E-state index contributed by atoms with van der Waals surface area (Å²) < 4.78 is 0. The van der Waals surface area contributed by atoms with Crippen LogP contribution in [0.2, 0.25) is 0 Å². The van der Waals surface area contributed by atoms with Gasteiger partial charge in [0.25, 0.3) is 0 Å². The lowest BCUT2D eigenvalue weighted by molar-refractivity contribution is 0.0335. The summed E-state index contributed by atoms with van der Waals surface area (Å²) in [5.41, 5.74) is 0.173. The molecule has 5 nitrogen and oxygen atoms in total. The molecule has 1 aromatic heterocycles. The standard InChI is InChI=1S/C13H22N2O3S/c1-9-10(5-11(19-9)12(16)17)6-14-7-13(2,18)8-15(3)4/h5,14,18H,6-8H2,1-4H3,(H,16,17). The van der Waals surface area contributed by atoms with Gasteiger partial charge in [0.05, 0.1) is 5.60 Å². The zero-order valence-corrected chi connectivity index (χ0v) is 12.7. The first kappa shape index (κ1) is 16.1. The number of hydrogen-bond donors (Lipinski definition) is 3. The zero-order valence-electron chi connectivity index (χ0n) is 11.9. The number of likely N-dealkylation sites (N-methyl/N-ethyl adjacent to an activating group) is 1. The summed E-state index contributed by atoms with van der Waals surface area (Å²) in [5, 5.41) is 22.2. The van der Waals surface area contributed by atoms with Crippen LogP contribution in [0.4, 0.5) is 0 Å². The number of aliphatic hydroxyl groups is 1. The van der Waals surface area contributed by atoms with Gasteiger partial charge in [-0.3, -0.25) is 0 Å². The summed E-state index contributed by atoms with van der Waals surface area (Å²) in [6, 6.07) is 1.69. The van der Waals surface area contributed by atoms with E-state index < -0.39 is 11.6 Å². The molecule has 1 unspecified atom stereocenters. The number of carbonyl (C=O) groups is 1. The second-order valence-corrected chi connectivity index (χ2v) is 6.59. The Morgan fingerprint density at radius 1 is 1.53 bits per heavy atom. The van der Waals surface area contributed by atoms with Crippen molar-refractivity contribution in [3.8, 4) is 0 Å². The van der Waals surface area contributed by atoms with E-state index in [1.165, 1.54) is 11.3 Å². The van der Waals surface area contributed by atoms with Crippen molar-refractivity contribution in [2.24, 2.45) is 0 Å². The molecule has 0 aliphatic carbocycles. The van der Waals surface area contributed by atoms with Crippen LogP contribution in [0.1, 0.15) is 27.0 Å². The van der Waals surface area contributed by atoms with Crippen molar-refractivity contribution in [3.63, 3.8) is 0 Å². The molecule has 19 heavy (non-hydrogen) atoms. The third-order valence-electron chi connectivity index (χ3n) is 2.71. The molecule has 0 spiro atoms. The van der Waals surface area contributed by atoms with Crippen LogP contribution < -0.4 is 5.32 Å². The zero-order chi connectivity index (χ0) is 14.6. The first-order valence-electron chi connectivity index (χ1n) is 6.12. The molecule has 0 fully saturated rings. The molecule has 1 heterocycles. The van der Waals surface area contributed by atoms with Gasteiger partial charge < -0.3 is 20.4 Å². The van der Waals surface area contributed by atoms with Crippen molar-refractivity contribution in [2.75, 3.05) is 27.2 Å². The van der Waals surface area contributed by atoms with Crippen molar-refractivity contribution in [1.29, 1.82) is 0 Å². The van der Waals surface area contributed by atoms with E-state index >= 15 is 0 Å². The van der Waals surface area contributed by atoms with Crippen LogP contribution in [0, 0.1) is 6.92 Å². The Labute approximate surface area is 117 Å². The minimum atomic E-state index is -0.890. The summed E-state index contributed by atoms with van der Waals surface area (Å²) in [5.74, 6) is -0.890. The molecule has 0 amide bonds. The van der Waals surface area contributed by atoms with Gasteiger partial charge in [-0.15, -0.1) is 11.3 Å². The summed E-state index contributed by atoms with van der Waals surface area (Å²) in [7, 11) is 3.83. The molecule has 0 aliphatic heterocycles. The number of nitrogens with one attached hydrogen (secondary N) is 1. The lowest BCUT2D eigenvalue weighted by Crippen LogP contribution is -2.45. The first-order chi connectivity index (χ1) is 8.71. The Balaban J connectivity index is 2.51. The molecule has 108 valence electrons. The van der Waals surface area contributed by atoms with E-state index in [9.17, 15) is 9.90 Å². The summed E-state index contributed by atoms with van der Waals surface area (Å²) in [6.45, 7) is 5.29. The van der Waals surface area contributed by atoms with E-state index in [4.69, 9.17) is 5.11 Å². The fourth-order valence-electron chi connectivity index (χ4n) is 2.00. The molecule has 0 radical (unpaired) electrons. The van der Waals surface area contributed by atoms with Crippen LogP contribution >= 0.6 is 11.3 Å². The van der Waals surface area contributed by atoms with Crippen LogP contribution in [-0.4, -0.2) is 53.9 Å². The van der Waals surface area contributed by atoms with Gasteiger partial charge in [-0.25, -0.2) is 4.79 Å². The molecule has 0 aromatic carbocycles. The lowest BCUT2D eigenvalue weighted by Gasteiger charge is -2.27. The highest BCUT2D eigenvalue weighted by Gasteiger charge is 2.21. The molecule has 3 N–H and O–H groups in total. The average Bonchev–Trinajstić information content (AvgIpc) is 2.58. The topological polar surface area (TPSA) is 72.8 Å². The van der Waals surface area contributed by atoms with E-state index in [-0.39, 0.29) is 0 Å². The maximum Gasteiger partial charge on any atom is 0.345 e. The Kier molecular flexibility index (Phi) is 5.49. The number of aromatic carboxylic acids is 1. The van der Waals surface area contributed by atoms with Crippen LogP contribution in [-0.2, 0) is 6.54 Å². The highest BCUT2D eigenvalue weighted by molar-refractivity contribution is 7.14. The monoisotopic (exact) mass is 286 g/mol. The Morgan fingerprint density at radius 3 is 2.63 bits per heavy atom. The van der Waals surface area contributed by atoms with E-state index in [1.807, 2.05) is 25.9 Å². The highest BCUT2D eigenvalue weighted by Crippen LogP contribution is 2.21. The number of aryl methyl sites for hydroxylation is 1. The van der Waals surface area contributed by atoms with E-state index in [0.29, 0.717) is 24.5 Å². The largest absolute Gasteiger partial charge is 0.477 e. The summed E-state index contributed by atoms with van der Waals surface area (Å²) in [4.78, 5) is 14.1. The average molecular weight is 286 g/mol. The minimum absolute atomic E-state index is 0.356. The van der Waals surface area contributed by atoms with Crippen LogP contribution in [0.3, 0.4) is 0 Å². The molecule has 6 heteroatoms. The number of hydrogen-bond acceptors (Lipinski definition) is 5. The van der Waals surface area contributed by atoms with Crippen LogP contribution in [0.5, 0.6) is 0 Å². The van der Waals surface area contributed by atoms with Crippen molar-refractivity contribution < 1.29 is 15.0 Å². The molecule has 0 saturated heterocycles. The lowest BCUT2D eigenvalue weighted by atomic mass is 10.1. The molecular formula is C13H22N2O3S. The van der Waals surface area contributed by atoms with Crippen molar-refractivity contribution >= 4 is 17.3 Å². The van der Waals surface area contributed by atoms with Crippen molar-refractivity contribution in [2.45, 2.75) is 26.0 Å². The van der Waals surface area contributed by atoms with Crippen LogP contribution in [0.25, 0.3) is 0 Å². The third-order valence-corrected chi connectivity index (χ3v) is 3.79. The molecule has 0 bridgehead atoms. The quantitative estimate of drug-likeness (QED) is 0.701. The first-order valence-corrected chi connectivity index (χ1v) is 6.93. The molecular weight excluding hydrogens is 264 g/mol. The minimum Gasteiger partial charge on any atom is -0.477 e. The fraction of sp³-hybridized carbons (Fsp3) is 0.615. The molecule has 1 rings (SSSR count). The fourth-order valence-corrected chi connectivity index (χ4v) is 2.88. The van der Waals surface area contributed by atoms with Crippen molar-refractivity contribution in [1.82, 2.24) is 10.2 Å². The smallest absolute Gasteiger partial charge is 0.345 e. The molecule has 1 atom stereocenters. The van der Waals surface area contributed by atoms with E-state index in [2.05, 4.69) is 5.32 Å². The van der Waals surface area contributed by atoms with Gasteiger partial charge in [0.1, 0.15) is 4.88 Å². The number of carboxylic acid groups (broad SMARTS) is 1. The van der Waals surface area contributed by atoms with Crippen molar-refractivity contribution in [3.05, 3.63) is 21.4 Å². The second-order valence-electron chi connectivity index (χ2n) is 5.34. The van der Waals surface area contributed by atoms with Crippen LogP contribution in [0.15, 0.2) is 6.07 Å². The van der Waals surface area contributed by atoms with Gasteiger partial charge in [0.15, 0.2) is 0 Å². The predicted molar refractivity (Wildman–Crippen MR) is 76.9 cm³/mol. The second kappa shape index (κ2) is 6.47. The van der Waals surface area contributed by atoms with Gasteiger partial charge in [-0.05, 0) is 39.6 Å². The molecule has 0 aliphatic rings. The van der Waals surface area contributed by atoms with E-state index in [1.54, 1.807) is 13.0 Å². The SMILES string of the molecule is Cc1sc(C(=O)O)cc1CNCC(C)(O)CN(C)C. The van der Waals surface area contributed by atoms with Gasteiger partial charge in [0.2, 0.25) is 0 Å². The Morgan fingerprint density at radius 2 is 2.16 bits per heavy atom. The highest BCUT2D eigenvalue weighted by atomic mass is 32.1.